The molecule has 7 amide bonds. The zero-order valence-corrected chi connectivity index (χ0v) is 67.5. The van der Waals surface area contributed by atoms with E-state index in [1.807, 2.05) is 55.5 Å². The van der Waals surface area contributed by atoms with Gasteiger partial charge in [0.05, 0.1) is 89.0 Å². The Bertz CT molecular complexity index is 4280. The number of aliphatic hydroxyl groups is 1. The number of carbonyl (C=O) groups excluding carboxylic acids is 10. The van der Waals surface area contributed by atoms with Gasteiger partial charge in [0, 0.05) is 110 Å². The van der Waals surface area contributed by atoms with Gasteiger partial charge in [-0.25, -0.2) is 18.4 Å². The number of nitrogens with one attached hydrogen (secondary N) is 5. The maximum atomic E-state index is 18.1. The molecule has 13 atom stereocenters. The summed E-state index contributed by atoms with van der Waals surface area (Å²) < 4.78 is 107. The van der Waals surface area contributed by atoms with Crippen LogP contribution in [0.4, 0.5) is 29.7 Å². The first-order valence-corrected chi connectivity index (χ1v) is 41.6. The number of alkyl carbamates (subject to hydrolysis) is 1. The molecule has 1 saturated heterocycles. The summed E-state index contributed by atoms with van der Waals surface area (Å²) in [5.74, 6) is -2.63. The number of rotatable bonds is 46. The number of halogens is 2. The maximum absolute atomic E-state index is 18.1. The molecule has 4 aliphatic carbocycles. The van der Waals surface area contributed by atoms with Crippen LogP contribution in [-0.4, -0.2) is 197 Å². The highest BCUT2D eigenvalue weighted by Crippen LogP contribution is 2.72. The molecule has 116 heavy (non-hydrogen) atoms. The number of alkyl halides is 2. The Kier molecular flexibility index (Phi) is 32.9. The lowest BCUT2D eigenvalue weighted by molar-refractivity contribution is -0.233. The molecule has 0 aromatic heterocycles. The number of Topliss-reactive ketones (excluding diaryl/α,β-unsaturated/α-hetero) is 4. The van der Waals surface area contributed by atoms with Crippen molar-refractivity contribution in [3.8, 4) is 11.8 Å². The van der Waals surface area contributed by atoms with Crippen LogP contribution in [0.1, 0.15) is 160 Å². The first-order chi connectivity index (χ1) is 55.3. The summed E-state index contributed by atoms with van der Waals surface area (Å²) in [6.45, 7) is 13.3. The van der Waals surface area contributed by atoms with Crippen LogP contribution < -0.4 is 37.2 Å². The van der Waals surface area contributed by atoms with Crippen molar-refractivity contribution in [1.29, 1.82) is 0 Å². The van der Waals surface area contributed by atoms with E-state index in [0.29, 0.717) is 49.2 Å². The van der Waals surface area contributed by atoms with Crippen molar-refractivity contribution >= 4 is 80.4 Å². The van der Waals surface area contributed by atoms with Crippen LogP contribution >= 0.6 is 0 Å². The van der Waals surface area contributed by atoms with Crippen molar-refractivity contribution in [2.45, 2.75) is 192 Å². The van der Waals surface area contributed by atoms with Gasteiger partial charge in [-0.3, -0.25) is 42.9 Å². The summed E-state index contributed by atoms with van der Waals surface area (Å²) in [6.07, 6.45) is -0.608. The number of amides is 7. The zero-order chi connectivity index (χ0) is 84.0. The number of nitrogens with two attached hydrogens (primary N) is 1. The summed E-state index contributed by atoms with van der Waals surface area (Å²) in [6, 6.07) is 19.3. The fourth-order valence-electron chi connectivity index (χ4n) is 17.0. The molecule has 3 saturated carbocycles. The number of urea groups is 1. The topological polar surface area (TPSA) is 399 Å². The summed E-state index contributed by atoms with van der Waals surface area (Å²) in [4.78, 5) is 137. The fourth-order valence-corrected chi connectivity index (χ4v) is 17.3. The molecule has 2 aliphatic heterocycles. The maximum Gasteiger partial charge on any atom is 0.407 e. The number of fused-ring (bicyclic) bond motifs is 9. The predicted octanol–water partition coefficient (Wildman–Crippen LogP) is 8.67. The highest BCUT2D eigenvalue weighted by molar-refractivity contribution is 7.85. The molecule has 31 heteroatoms. The third kappa shape index (κ3) is 23.3. The Morgan fingerprint density at radius 1 is 0.750 bits per heavy atom. The van der Waals surface area contributed by atoms with Crippen LogP contribution in [0.25, 0.3) is 0 Å². The summed E-state index contributed by atoms with van der Waals surface area (Å²) in [5.41, 5.74) is 3.23. The van der Waals surface area contributed by atoms with Crippen molar-refractivity contribution in [3.05, 3.63) is 131 Å². The number of anilines is 2. The number of allylic oxidation sites excluding steroid dienone is 5. The van der Waals surface area contributed by atoms with Crippen LogP contribution in [-0.2, 0) is 94.8 Å². The van der Waals surface area contributed by atoms with E-state index in [9.17, 15) is 61.5 Å². The average Bonchev–Trinajstić information content (AvgIpc) is 1.45. The van der Waals surface area contributed by atoms with Crippen molar-refractivity contribution in [1.82, 2.24) is 21.3 Å². The summed E-state index contributed by atoms with van der Waals surface area (Å²) >= 11 is 0. The molecule has 6 aliphatic rings. The molecule has 2 heterocycles. The van der Waals surface area contributed by atoms with E-state index in [2.05, 4.69) is 45.0 Å². The zero-order valence-electron chi connectivity index (χ0n) is 66.7. The van der Waals surface area contributed by atoms with E-state index in [4.69, 9.17) is 43.4 Å². The second-order valence-corrected chi connectivity index (χ2v) is 33.0. The Morgan fingerprint density at radius 3 is 2.10 bits per heavy atom. The average molecular weight is 1640 g/mol. The number of hydrogen-bond donors (Lipinski definition) is 8. The molecular formula is C85H111F2N7O21S. The Balaban J connectivity index is 0.696. The normalized spacial score (nSPS) is 24.3. The molecular weight excluding hydrogens is 1530 g/mol. The molecule has 0 bridgehead atoms. The molecule has 3 aromatic rings. The van der Waals surface area contributed by atoms with E-state index < -0.39 is 165 Å². The lowest BCUT2D eigenvalue weighted by atomic mass is 9.44. The van der Waals surface area contributed by atoms with Crippen molar-refractivity contribution < 1.29 is 108 Å². The third-order valence-electron chi connectivity index (χ3n) is 23.0. The number of carbonyl (C=O) groups is 10. The van der Waals surface area contributed by atoms with Gasteiger partial charge in [-0.1, -0.05) is 113 Å². The number of para-hydroxylation sites is 1. The van der Waals surface area contributed by atoms with E-state index >= 15 is 8.78 Å². The SMILES string of the molecule is C=C1C=C[C@@]2(C)C(=C1)[C@@H](F)C[C@H]1[C@@H]3C[C@H]4OC(CCC)O[C@@]4(C(=O)CNC(=O)OCc4ccc(NC(=O)[C@H](CCCNC(N)=O)CC(=O)[C@@H](NC(=O)[C@@H](CCC(=O)NCCS(=O)(=O)O)CC(=O)CCOCCOCCOCCOCCCC(=O)CCC(=O)N5Cc6ccccc6C#Cc6ccccc65)C(C)C)cc4)[C@@]3(C)C[C@H](O)[C@@]12F. The van der Waals surface area contributed by atoms with Crippen LogP contribution in [0.2, 0.25) is 0 Å². The van der Waals surface area contributed by atoms with Gasteiger partial charge in [-0.15, -0.1) is 0 Å². The largest absolute Gasteiger partial charge is 0.445 e. The second-order valence-electron chi connectivity index (χ2n) is 31.4. The number of ketones is 4. The highest BCUT2D eigenvalue weighted by atomic mass is 32.2. The summed E-state index contributed by atoms with van der Waals surface area (Å²) in [5, 5.41) is 24.9. The van der Waals surface area contributed by atoms with Gasteiger partial charge in [-0.2, -0.15) is 8.42 Å². The number of hydrogen-bond acceptors (Lipinski definition) is 20. The number of primary amides is 1. The Labute approximate surface area is 676 Å². The minimum atomic E-state index is -4.41. The Morgan fingerprint density at radius 2 is 1.41 bits per heavy atom. The van der Waals surface area contributed by atoms with E-state index in [1.165, 1.54) is 12.1 Å². The van der Waals surface area contributed by atoms with Gasteiger partial charge in [0.1, 0.15) is 24.3 Å². The quantitative estimate of drug-likeness (QED) is 0.0149. The molecule has 28 nitrogen and oxygen atoms in total. The standard InChI is InChI=1S/C85H111F2N7O21S/c1-7-14-76-114-73-49-65-66-48-68(86)67-45-55(4)31-33-82(67,5)84(66,87)71(98)50-83(65,6)85(73,115-76)72(99)51-91-81(105)113-53-56-21-26-62(27-22-56)92-78(102)59(18-12-34-90-80(88)104)47-70(97)77(54(2)3)93-79(103)60(25-29-74(100)89-35-44-116(106,107)108)46-64(96)32-37-110-39-41-112-43-42-111-40-38-109-36-13-19-63(95)28-30-75(101)94-52-61-17-9-8-15-57(61)23-24-58-16-10-11-20-69(58)94/h8-11,15-17,20-22,26-27,31,33,45,54,59-60,65-66,68,71,73,76-77,98H,4,7,12-14,18-19,25,28-30,32,34-44,46-53H2,1-3,5-6H3,(H,89,100)(H,91,105)(H,92,102)(H,93,103)(H3,88,90,104)(H,106,107,108)/t59-,60+,65+,66+,68+,71+,73-,76?,77+,82+,83+,84+,85-/m1/s1. The molecule has 3 aromatic carbocycles. The number of benzene rings is 3. The minimum Gasteiger partial charge on any atom is -0.445 e. The van der Waals surface area contributed by atoms with E-state index in [-0.39, 0.29) is 159 Å². The van der Waals surface area contributed by atoms with Gasteiger partial charge < -0.3 is 75.5 Å². The molecule has 9 N–H and O–H groups in total. The van der Waals surface area contributed by atoms with Crippen molar-refractivity contribution in [3.63, 3.8) is 0 Å². The molecule has 0 spiro atoms. The lowest BCUT2D eigenvalue weighted by Gasteiger charge is -2.63. The molecule has 4 fully saturated rings. The van der Waals surface area contributed by atoms with E-state index in [1.54, 1.807) is 63.0 Å². The second kappa shape index (κ2) is 41.9. The van der Waals surface area contributed by atoms with Crippen LogP contribution in [0.15, 0.2) is 109 Å². The van der Waals surface area contributed by atoms with Crippen molar-refractivity contribution in [2.75, 3.05) is 88.5 Å². The Hall–Kier alpha value is -8.97. The molecule has 9 rings (SSSR count). The molecule has 0 radical (unpaired) electrons. The van der Waals surface area contributed by atoms with Crippen molar-refractivity contribution in [2.24, 2.45) is 46.2 Å². The van der Waals surface area contributed by atoms with Gasteiger partial charge in [0.25, 0.3) is 10.1 Å². The number of aliphatic hydroxyl groups excluding tert-OH is 1. The van der Waals surface area contributed by atoms with E-state index in [0.717, 1.165) is 16.7 Å². The van der Waals surface area contributed by atoms with Gasteiger partial charge >= 0.3 is 12.1 Å². The fraction of sp³-hybridized carbons (Fsp3) is 0.576. The predicted molar refractivity (Wildman–Crippen MR) is 424 cm³/mol. The van der Waals surface area contributed by atoms with Gasteiger partial charge in [-0.05, 0) is 123 Å². The minimum absolute atomic E-state index is 0.0364. The van der Waals surface area contributed by atoms with Gasteiger partial charge in [0.2, 0.25) is 23.6 Å². The smallest absolute Gasteiger partial charge is 0.407 e. The highest BCUT2D eigenvalue weighted by Gasteiger charge is 2.80. The third-order valence-corrected chi connectivity index (χ3v) is 23.7. The van der Waals surface area contributed by atoms with Crippen LogP contribution in [0.3, 0.4) is 0 Å². The van der Waals surface area contributed by atoms with Crippen LogP contribution in [0.5, 0.6) is 0 Å². The first-order valence-electron chi connectivity index (χ1n) is 40.0. The summed E-state index contributed by atoms with van der Waals surface area (Å²) in [7, 11) is -4.41. The van der Waals surface area contributed by atoms with Crippen LogP contribution in [0, 0.1) is 52.3 Å². The molecule has 1 unspecified atom stereocenters. The first kappa shape index (κ1) is 90.9. The van der Waals surface area contributed by atoms with Gasteiger partial charge in [0.15, 0.2) is 29.1 Å². The molecule has 632 valence electrons. The number of ether oxygens (including phenoxy) is 7. The lowest BCUT2D eigenvalue weighted by Crippen LogP contribution is -2.71. The monoisotopic (exact) mass is 1640 g/mol. The number of nitrogens with zero attached hydrogens (tertiary/aromatic N) is 1.